The smallest absolute Gasteiger partial charge is 0.241 e. The van der Waals surface area contributed by atoms with E-state index in [1.54, 1.807) is 0 Å². The highest BCUT2D eigenvalue weighted by Gasteiger charge is 2.43. The molecule has 0 bridgehead atoms. The Labute approximate surface area is 112 Å². The molecule has 0 aromatic heterocycles. The molecule has 0 atom stereocenters. The van der Waals surface area contributed by atoms with E-state index in [1.807, 2.05) is 0 Å². The molecule has 3 rings (SSSR count). The third-order valence-electron chi connectivity index (χ3n) is 3.75. The van der Waals surface area contributed by atoms with Crippen molar-refractivity contribution in [1.29, 1.82) is 0 Å². The summed E-state index contributed by atoms with van der Waals surface area (Å²) in [5.41, 5.74) is 5.62. The first-order valence-electron chi connectivity index (χ1n) is 6.54. The zero-order valence-electron chi connectivity index (χ0n) is 10.5. The minimum atomic E-state index is -3.68. The van der Waals surface area contributed by atoms with E-state index in [0.717, 1.165) is 37.8 Å². The second-order valence-corrected chi connectivity index (χ2v) is 7.26. The molecule has 0 amide bonds. The van der Waals surface area contributed by atoms with Crippen LogP contribution in [0, 0.1) is 17.7 Å². The Morgan fingerprint density at radius 1 is 1.16 bits per heavy atom. The van der Waals surface area contributed by atoms with Crippen molar-refractivity contribution < 1.29 is 12.8 Å². The van der Waals surface area contributed by atoms with E-state index in [4.69, 9.17) is 5.73 Å². The van der Waals surface area contributed by atoms with E-state index in [2.05, 4.69) is 4.72 Å². The lowest BCUT2D eigenvalue weighted by Gasteiger charge is -2.17. The summed E-state index contributed by atoms with van der Waals surface area (Å²) in [7, 11) is -3.68. The molecule has 4 nitrogen and oxygen atoms in total. The Morgan fingerprint density at radius 3 is 2.21 bits per heavy atom. The standard InChI is InChI=1S/C13H17FN2O2S/c14-10-5-11(15)7-12(6-10)19(17,18)16-13(8-1-2-8)9-3-4-9/h5-9,13,16H,1-4,15H2. The van der Waals surface area contributed by atoms with Crippen molar-refractivity contribution in [2.75, 3.05) is 5.73 Å². The first kappa shape index (κ1) is 12.9. The van der Waals surface area contributed by atoms with Gasteiger partial charge in [-0.15, -0.1) is 0 Å². The van der Waals surface area contributed by atoms with Crippen LogP contribution in [0.1, 0.15) is 25.7 Å². The van der Waals surface area contributed by atoms with Crippen LogP contribution < -0.4 is 10.5 Å². The normalized spacial score (nSPS) is 19.9. The van der Waals surface area contributed by atoms with Crippen LogP contribution in [-0.2, 0) is 10.0 Å². The topological polar surface area (TPSA) is 72.2 Å². The highest BCUT2D eigenvalue weighted by atomic mass is 32.2. The zero-order valence-corrected chi connectivity index (χ0v) is 11.3. The lowest BCUT2D eigenvalue weighted by molar-refractivity contribution is 0.471. The van der Waals surface area contributed by atoms with Gasteiger partial charge in [-0.2, -0.15) is 0 Å². The number of sulfonamides is 1. The zero-order chi connectivity index (χ0) is 13.6. The third-order valence-corrected chi connectivity index (χ3v) is 5.19. The molecule has 0 unspecified atom stereocenters. The SMILES string of the molecule is Nc1cc(F)cc(S(=O)(=O)NC(C2CC2)C2CC2)c1. The van der Waals surface area contributed by atoms with E-state index < -0.39 is 15.8 Å². The third kappa shape index (κ3) is 2.90. The van der Waals surface area contributed by atoms with Gasteiger partial charge < -0.3 is 5.73 Å². The number of hydrogen-bond acceptors (Lipinski definition) is 3. The van der Waals surface area contributed by atoms with Gasteiger partial charge in [0.25, 0.3) is 0 Å². The molecule has 0 radical (unpaired) electrons. The summed E-state index contributed by atoms with van der Waals surface area (Å²) in [6.07, 6.45) is 4.31. The minimum absolute atomic E-state index is 0.00879. The molecule has 19 heavy (non-hydrogen) atoms. The molecule has 0 heterocycles. The number of nitrogens with two attached hydrogens (primary N) is 1. The van der Waals surface area contributed by atoms with E-state index in [9.17, 15) is 12.8 Å². The summed E-state index contributed by atoms with van der Waals surface area (Å²) in [5.74, 6) is 0.274. The van der Waals surface area contributed by atoms with Crippen LogP contribution in [0.5, 0.6) is 0 Å². The second-order valence-electron chi connectivity index (χ2n) is 5.54. The van der Waals surface area contributed by atoms with Crippen LogP contribution in [-0.4, -0.2) is 14.5 Å². The molecule has 2 saturated carbocycles. The number of hydrogen-bond donors (Lipinski definition) is 2. The van der Waals surface area contributed by atoms with Crippen molar-refractivity contribution in [3.63, 3.8) is 0 Å². The average molecular weight is 284 g/mol. The molecule has 0 saturated heterocycles. The van der Waals surface area contributed by atoms with Crippen molar-refractivity contribution in [3.05, 3.63) is 24.0 Å². The summed E-state index contributed by atoms with van der Waals surface area (Å²) < 4.78 is 40.6. The summed E-state index contributed by atoms with van der Waals surface area (Å²) in [6.45, 7) is 0. The Hall–Kier alpha value is -1.14. The average Bonchev–Trinajstić information content (AvgIpc) is 3.17. The van der Waals surface area contributed by atoms with Crippen molar-refractivity contribution in [2.45, 2.75) is 36.6 Å². The molecule has 3 N–H and O–H groups in total. The van der Waals surface area contributed by atoms with E-state index in [-0.39, 0.29) is 16.6 Å². The molecular formula is C13H17FN2O2S. The van der Waals surface area contributed by atoms with Crippen molar-refractivity contribution in [2.24, 2.45) is 11.8 Å². The molecule has 2 aliphatic carbocycles. The first-order valence-corrected chi connectivity index (χ1v) is 8.02. The number of rotatable bonds is 5. The minimum Gasteiger partial charge on any atom is -0.399 e. The number of halogens is 1. The largest absolute Gasteiger partial charge is 0.399 e. The summed E-state index contributed by atoms with van der Waals surface area (Å²) in [5, 5.41) is 0. The fourth-order valence-electron chi connectivity index (χ4n) is 2.47. The predicted molar refractivity (Wildman–Crippen MR) is 70.4 cm³/mol. The number of anilines is 1. The monoisotopic (exact) mass is 284 g/mol. The molecule has 2 aliphatic rings. The maximum absolute atomic E-state index is 13.3. The van der Waals surface area contributed by atoms with E-state index in [0.29, 0.717) is 11.8 Å². The Balaban J connectivity index is 1.84. The molecule has 0 spiro atoms. The van der Waals surface area contributed by atoms with Crippen LogP contribution >= 0.6 is 0 Å². The second kappa shape index (κ2) is 4.45. The van der Waals surface area contributed by atoms with Gasteiger partial charge in [0.1, 0.15) is 5.82 Å². The quantitative estimate of drug-likeness (QED) is 0.811. The maximum atomic E-state index is 13.3. The molecule has 1 aromatic rings. The van der Waals surface area contributed by atoms with Gasteiger partial charge in [0.2, 0.25) is 10.0 Å². The van der Waals surface area contributed by atoms with Gasteiger partial charge in [-0.1, -0.05) is 0 Å². The predicted octanol–water partition coefficient (Wildman–Crippen LogP) is 1.87. The number of nitrogen functional groups attached to an aromatic ring is 1. The van der Waals surface area contributed by atoms with Crippen LogP contribution in [0.25, 0.3) is 0 Å². The van der Waals surface area contributed by atoms with Crippen molar-refractivity contribution in [3.8, 4) is 0 Å². The summed E-state index contributed by atoms with van der Waals surface area (Å²) in [4.78, 5) is -0.0868. The van der Waals surface area contributed by atoms with Gasteiger partial charge >= 0.3 is 0 Å². The number of benzene rings is 1. The van der Waals surface area contributed by atoms with Gasteiger partial charge in [-0.3, -0.25) is 0 Å². The van der Waals surface area contributed by atoms with Crippen LogP contribution in [0.4, 0.5) is 10.1 Å². The fraction of sp³-hybridized carbons (Fsp3) is 0.538. The first-order chi connectivity index (χ1) is 8.95. The molecule has 104 valence electrons. The molecule has 1 aromatic carbocycles. The van der Waals surface area contributed by atoms with Crippen LogP contribution in [0.3, 0.4) is 0 Å². The Kier molecular flexibility index (Phi) is 3.02. The molecule has 6 heteroatoms. The summed E-state index contributed by atoms with van der Waals surface area (Å²) in [6, 6.07) is 3.42. The Morgan fingerprint density at radius 2 is 1.74 bits per heavy atom. The van der Waals surface area contributed by atoms with Crippen molar-refractivity contribution in [1.82, 2.24) is 4.72 Å². The lowest BCUT2D eigenvalue weighted by atomic mass is 10.1. The highest BCUT2D eigenvalue weighted by Crippen LogP contribution is 2.45. The maximum Gasteiger partial charge on any atom is 0.241 e. The van der Waals surface area contributed by atoms with Crippen LogP contribution in [0.15, 0.2) is 23.1 Å². The van der Waals surface area contributed by atoms with Gasteiger partial charge in [0, 0.05) is 11.7 Å². The molecule has 2 fully saturated rings. The van der Waals surface area contributed by atoms with E-state index in [1.165, 1.54) is 6.07 Å². The Bertz CT molecular complexity index is 562. The van der Waals surface area contributed by atoms with Gasteiger partial charge in [-0.05, 0) is 55.7 Å². The van der Waals surface area contributed by atoms with Gasteiger partial charge in [-0.25, -0.2) is 17.5 Å². The fourth-order valence-corrected chi connectivity index (χ4v) is 3.91. The van der Waals surface area contributed by atoms with E-state index >= 15 is 0 Å². The summed E-state index contributed by atoms with van der Waals surface area (Å²) >= 11 is 0. The highest BCUT2D eigenvalue weighted by molar-refractivity contribution is 7.89. The molecule has 0 aliphatic heterocycles. The van der Waals surface area contributed by atoms with Gasteiger partial charge in [0.15, 0.2) is 0 Å². The van der Waals surface area contributed by atoms with Crippen LogP contribution in [0.2, 0.25) is 0 Å². The molecular weight excluding hydrogens is 267 g/mol. The lowest BCUT2D eigenvalue weighted by Crippen LogP contribution is -2.38. The number of nitrogens with one attached hydrogen (secondary N) is 1. The van der Waals surface area contributed by atoms with Crippen molar-refractivity contribution >= 4 is 15.7 Å². The van der Waals surface area contributed by atoms with Gasteiger partial charge in [0.05, 0.1) is 4.90 Å².